The van der Waals surface area contributed by atoms with Crippen LogP contribution < -0.4 is 5.32 Å². The third-order valence-corrected chi connectivity index (χ3v) is 5.92. The maximum absolute atomic E-state index is 13.8. The van der Waals surface area contributed by atoms with E-state index in [9.17, 15) is 28.0 Å². The van der Waals surface area contributed by atoms with Crippen LogP contribution in [0.3, 0.4) is 0 Å². The van der Waals surface area contributed by atoms with Crippen LogP contribution >= 0.6 is 0 Å². The second kappa shape index (κ2) is 10.0. The van der Waals surface area contributed by atoms with Crippen molar-refractivity contribution in [3.8, 4) is 0 Å². The van der Waals surface area contributed by atoms with E-state index >= 15 is 0 Å². The number of likely N-dealkylation sites (N-methyl/N-ethyl adjacent to an activating group) is 1. The van der Waals surface area contributed by atoms with Crippen LogP contribution in [0.1, 0.15) is 40.5 Å². The van der Waals surface area contributed by atoms with Gasteiger partial charge in [0.15, 0.2) is 0 Å². The fourth-order valence-corrected chi connectivity index (χ4v) is 4.18. The SMILES string of the molecule is CCN(CC(=O)Nc1c(F)cccc1F)C(=O)CCCN1C(=O)c2cccc3cccc(c23)C1=O. The topological polar surface area (TPSA) is 86.8 Å². The van der Waals surface area contributed by atoms with Gasteiger partial charge in [-0.15, -0.1) is 0 Å². The van der Waals surface area contributed by atoms with Gasteiger partial charge in [-0.25, -0.2) is 8.78 Å². The predicted molar refractivity (Wildman–Crippen MR) is 126 cm³/mol. The molecular weight excluding hydrogens is 456 g/mol. The second-order valence-electron chi connectivity index (χ2n) is 8.13. The summed E-state index contributed by atoms with van der Waals surface area (Å²) in [5, 5.41) is 3.60. The lowest BCUT2D eigenvalue weighted by atomic mass is 9.94. The van der Waals surface area contributed by atoms with Crippen LogP contribution in [0.25, 0.3) is 10.8 Å². The molecule has 0 fully saturated rings. The molecule has 0 saturated carbocycles. The van der Waals surface area contributed by atoms with E-state index in [1.807, 2.05) is 12.1 Å². The molecule has 9 heteroatoms. The average Bonchev–Trinajstić information content (AvgIpc) is 2.85. The number of nitrogens with one attached hydrogen (secondary N) is 1. The normalized spacial score (nSPS) is 12.7. The quantitative estimate of drug-likeness (QED) is 0.495. The highest BCUT2D eigenvalue weighted by molar-refractivity contribution is 6.25. The van der Waals surface area contributed by atoms with Gasteiger partial charge in [0.25, 0.3) is 11.8 Å². The molecule has 0 bridgehead atoms. The second-order valence-corrected chi connectivity index (χ2v) is 8.13. The van der Waals surface area contributed by atoms with Crippen molar-refractivity contribution in [3.05, 3.63) is 77.4 Å². The third kappa shape index (κ3) is 4.75. The number of anilines is 1. The molecular formula is C26H23F2N3O4. The molecule has 3 aromatic carbocycles. The summed E-state index contributed by atoms with van der Waals surface area (Å²) in [6, 6.07) is 13.8. The van der Waals surface area contributed by atoms with Crippen molar-refractivity contribution in [2.24, 2.45) is 0 Å². The molecule has 0 aromatic heterocycles. The number of para-hydroxylation sites is 1. The van der Waals surface area contributed by atoms with E-state index in [4.69, 9.17) is 0 Å². The summed E-state index contributed by atoms with van der Waals surface area (Å²) in [4.78, 5) is 53.2. The number of carbonyl (C=O) groups is 4. The average molecular weight is 479 g/mol. The minimum Gasteiger partial charge on any atom is -0.334 e. The molecule has 0 saturated heterocycles. The van der Waals surface area contributed by atoms with E-state index < -0.39 is 35.0 Å². The summed E-state index contributed by atoms with van der Waals surface area (Å²) in [6.07, 6.45) is 0.187. The van der Waals surface area contributed by atoms with E-state index in [1.165, 1.54) is 11.0 Å². The van der Waals surface area contributed by atoms with Gasteiger partial charge in [-0.05, 0) is 43.0 Å². The Balaban J connectivity index is 1.36. The Labute approximate surface area is 200 Å². The van der Waals surface area contributed by atoms with Crippen LogP contribution in [0.5, 0.6) is 0 Å². The Morgan fingerprint density at radius 3 is 2.06 bits per heavy atom. The number of imide groups is 1. The number of nitrogens with zero attached hydrogens (tertiary/aromatic N) is 2. The lowest BCUT2D eigenvalue weighted by molar-refractivity contribution is -0.134. The highest BCUT2D eigenvalue weighted by Crippen LogP contribution is 2.30. The van der Waals surface area contributed by atoms with Crippen molar-refractivity contribution in [1.29, 1.82) is 0 Å². The van der Waals surface area contributed by atoms with Gasteiger partial charge < -0.3 is 10.2 Å². The molecule has 4 amide bonds. The van der Waals surface area contributed by atoms with Crippen molar-refractivity contribution >= 4 is 40.1 Å². The number of carbonyl (C=O) groups excluding carboxylic acids is 4. The van der Waals surface area contributed by atoms with E-state index in [0.717, 1.165) is 22.4 Å². The fraction of sp³-hybridized carbons (Fsp3) is 0.231. The molecule has 1 heterocycles. The van der Waals surface area contributed by atoms with E-state index in [-0.39, 0.29) is 38.4 Å². The zero-order valence-corrected chi connectivity index (χ0v) is 19.0. The van der Waals surface area contributed by atoms with Crippen LogP contribution in [0, 0.1) is 11.6 Å². The number of halogens is 2. The van der Waals surface area contributed by atoms with E-state index in [1.54, 1.807) is 31.2 Å². The van der Waals surface area contributed by atoms with Gasteiger partial charge in [0.2, 0.25) is 11.8 Å². The first kappa shape index (κ1) is 24.0. The Bertz CT molecular complexity index is 1270. The first-order valence-electron chi connectivity index (χ1n) is 11.2. The number of hydrogen-bond donors (Lipinski definition) is 1. The minimum atomic E-state index is -0.916. The standard InChI is InChI=1S/C26H23F2N3O4/c1-2-30(15-21(32)29-24-19(27)11-5-12-20(24)28)22(33)13-6-14-31-25(34)17-9-3-7-16-8-4-10-18(23(16)17)26(31)35/h3-5,7-12H,2,6,13-15H2,1H3,(H,29,32). The Morgan fingerprint density at radius 2 is 1.49 bits per heavy atom. The molecule has 1 aliphatic heterocycles. The monoisotopic (exact) mass is 479 g/mol. The number of amides is 4. The smallest absolute Gasteiger partial charge is 0.261 e. The van der Waals surface area contributed by atoms with Gasteiger partial charge in [-0.2, -0.15) is 0 Å². The molecule has 0 radical (unpaired) electrons. The number of benzene rings is 3. The molecule has 180 valence electrons. The lowest BCUT2D eigenvalue weighted by Gasteiger charge is -2.27. The summed E-state index contributed by atoms with van der Waals surface area (Å²) < 4.78 is 27.5. The van der Waals surface area contributed by atoms with Crippen LogP contribution in [-0.4, -0.2) is 53.1 Å². The first-order chi connectivity index (χ1) is 16.8. The minimum absolute atomic E-state index is 0.0158. The van der Waals surface area contributed by atoms with Gasteiger partial charge in [0.05, 0.1) is 6.54 Å². The Kier molecular flexibility index (Phi) is 6.86. The van der Waals surface area contributed by atoms with Crippen molar-refractivity contribution in [2.75, 3.05) is 25.0 Å². The van der Waals surface area contributed by atoms with Gasteiger partial charge >= 0.3 is 0 Å². The highest BCUT2D eigenvalue weighted by Gasteiger charge is 2.32. The van der Waals surface area contributed by atoms with Crippen LogP contribution in [-0.2, 0) is 9.59 Å². The Morgan fingerprint density at radius 1 is 0.914 bits per heavy atom. The van der Waals surface area contributed by atoms with E-state index in [2.05, 4.69) is 5.32 Å². The highest BCUT2D eigenvalue weighted by atomic mass is 19.1. The van der Waals surface area contributed by atoms with Gasteiger partial charge in [0, 0.05) is 36.0 Å². The van der Waals surface area contributed by atoms with Gasteiger partial charge in [0.1, 0.15) is 17.3 Å². The largest absolute Gasteiger partial charge is 0.334 e. The molecule has 0 aliphatic carbocycles. The van der Waals surface area contributed by atoms with Crippen molar-refractivity contribution < 1.29 is 28.0 Å². The van der Waals surface area contributed by atoms with Gasteiger partial charge in [-0.1, -0.05) is 30.3 Å². The summed E-state index contributed by atoms with van der Waals surface area (Å²) in [6.45, 7) is 1.52. The fourth-order valence-electron chi connectivity index (χ4n) is 4.18. The molecule has 0 spiro atoms. The Hall–Kier alpha value is -4.14. The van der Waals surface area contributed by atoms with Crippen molar-refractivity contribution in [2.45, 2.75) is 19.8 Å². The molecule has 3 aromatic rings. The molecule has 4 rings (SSSR count). The number of rotatable bonds is 8. The van der Waals surface area contributed by atoms with Crippen LogP contribution in [0.2, 0.25) is 0 Å². The van der Waals surface area contributed by atoms with Crippen molar-refractivity contribution in [1.82, 2.24) is 9.80 Å². The van der Waals surface area contributed by atoms with E-state index in [0.29, 0.717) is 16.5 Å². The third-order valence-electron chi connectivity index (χ3n) is 5.92. The summed E-state index contributed by atoms with van der Waals surface area (Å²) in [5.74, 6) is -3.77. The first-order valence-corrected chi connectivity index (χ1v) is 11.2. The maximum Gasteiger partial charge on any atom is 0.261 e. The van der Waals surface area contributed by atoms with Crippen LogP contribution in [0.4, 0.5) is 14.5 Å². The van der Waals surface area contributed by atoms with Crippen molar-refractivity contribution in [3.63, 3.8) is 0 Å². The maximum atomic E-state index is 13.8. The summed E-state index contributed by atoms with van der Waals surface area (Å²) >= 11 is 0. The predicted octanol–water partition coefficient (Wildman–Crippen LogP) is 3.98. The van der Waals surface area contributed by atoms with Gasteiger partial charge in [-0.3, -0.25) is 24.1 Å². The lowest BCUT2D eigenvalue weighted by Crippen LogP contribution is -2.42. The zero-order valence-electron chi connectivity index (χ0n) is 19.0. The molecule has 0 atom stereocenters. The molecule has 35 heavy (non-hydrogen) atoms. The summed E-state index contributed by atoms with van der Waals surface area (Å²) in [7, 11) is 0. The summed E-state index contributed by atoms with van der Waals surface area (Å²) in [5.41, 5.74) is 0.311. The molecule has 1 aliphatic rings. The molecule has 7 nitrogen and oxygen atoms in total. The molecule has 0 unspecified atom stereocenters. The molecule has 1 N–H and O–H groups in total. The zero-order chi connectivity index (χ0) is 25.1. The van der Waals surface area contributed by atoms with Crippen LogP contribution in [0.15, 0.2) is 54.6 Å². The number of hydrogen-bond acceptors (Lipinski definition) is 4.